The number of para-hydroxylation sites is 1. The lowest BCUT2D eigenvalue weighted by atomic mass is 10.2. The second-order valence-corrected chi connectivity index (χ2v) is 7.97. The van der Waals surface area contributed by atoms with Crippen LogP contribution in [0.5, 0.6) is 0 Å². The Labute approximate surface area is 150 Å². The monoisotopic (exact) mass is 379 g/mol. The van der Waals surface area contributed by atoms with E-state index in [9.17, 15) is 22.9 Å². The summed E-state index contributed by atoms with van der Waals surface area (Å²) in [5, 5.41) is 11.1. The Balaban J connectivity index is 1.68. The maximum atomic E-state index is 13.0. The number of benzene rings is 2. The molecule has 0 radical (unpaired) electrons. The first-order valence-electron chi connectivity index (χ1n) is 8.07. The van der Waals surface area contributed by atoms with Crippen molar-refractivity contribution >= 4 is 21.4 Å². The van der Waals surface area contributed by atoms with Gasteiger partial charge in [0.05, 0.1) is 10.7 Å². The maximum absolute atomic E-state index is 13.0. The van der Waals surface area contributed by atoms with Gasteiger partial charge >= 0.3 is 0 Å². The zero-order chi connectivity index (χ0) is 18.7. The highest BCUT2D eigenvalue weighted by Gasteiger charge is 2.29. The van der Waals surface area contributed by atoms with Crippen LogP contribution in [0.1, 0.15) is 5.56 Å². The number of sulfonamides is 1. The highest BCUT2D eigenvalue weighted by molar-refractivity contribution is 7.88. The molecule has 2 aromatic rings. The van der Waals surface area contributed by atoms with Gasteiger partial charge in [-0.2, -0.15) is 4.31 Å². The van der Waals surface area contributed by atoms with Crippen molar-refractivity contribution in [2.24, 2.45) is 0 Å². The molecule has 9 heteroatoms. The van der Waals surface area contributed by atoms with Gasteiger partial charge in [-0.1, -0.05) is 18.2 Å². The molecule has 1 heterocycles. The lowest BCUT2D eigenvalue weighted by molar-refractivity contribution is -0.385. The van der Waals surface area contributed by atoms with E-state index in [0.717, 1.165) is 5.69 Å². The van der Waals surface area contributed by atoms with E-state index in [1.807, 2.05) is 4.90 Å². The molecule has 1 saturated heterocycles. The fraction of sp³-hybridized carbons (Fsp3) is 0.294. The van der Waals surface area contributed by atoms with Gasteiger partial charge in [0.25, 0.3) is 5.69 Å². The average Bonchev–Trinajstić information content (AvgIpc) is 2.62. The molecule has 26 heavy (non-hydrogen) atoms. The Morgan fingerprint density at radius 1 is 1.00 bits per heavy atom. The van der Waals surface area contributed by atoms with E-state index in [-0.39, 0.29) is 30.2 Å². The fourth-order valence-corrected chi connectivity index (χ4v) is 4.51. The summed E-state index contributed by atoms with van der Waals surface area (Å²) >= 11 is 0. The Bertz CT molecular complexity index is 894. The Morgan fingerprint density at radius 3 is 2.23 bits per heavy atom. The Morgan fingerprint density at radius 2 is 1.62 bits per heavy atom. The largest absolute Gasteiger partial charge is 0.369 e. The fourth-order valence-electron chi connectivity index (χ4n) is 2.98. The van der Waals surface area contributed by atoms with Crippen LogP contribution in [-0.2, 0) is 15.8 Å². The first-order valence-corrected chi connectivity index (χ1v) is 9.68. The normalized spacial score (nSPS) is 15.8. The summed E-state index contributed by atoms with van der Waals surface area (Å²) in [5.41, 5.74) is 0.821. The Kier molecular flexibility index (Phi) is 5.19. The van der Waals surface area contributed by atoms with Crippen molar-refractivity contribution in [3.63, 3.8) is 0 Å². The van der Waals surface area contributed by atoms with Crippen LogP contribution in [0, 0.1) is 15.9 Å². The van der Waals surface area contributed by atoms with Crippen molar-refractivity contribution in [3.05, 3.63) is 70.0 Å². The number of rotatable bonds is 5. The lowest BCUT2D eigenvalue weighted by Gasteiger charge is -2.35. The first kappa shape index (κ1) is 18.3. The number of nitro benzene ring substituents is 1. The van der Waals surface area contributed by atoms with Crippen LogP contribution in [-0.4, -0.2) is 43.8 Å². The van der Waals surface area contributed by atoms with Crippen LogP contribution in [0.4, 0.5) is 15.8 Å². The van der Waals surface area contributed by atoms with Crippen LogP contribution < -0.4 is 4.90 Å². The zero-order valence-corrected chi connectivity index (χ0v) is 14.7. The van der Waals surface area contributed by atoms with Gasteiger partial charge in [-0.05, 0) is 24.3 Å². The third-order valence-electron chi connectivity index (χ3n) is 4.35. The second kappa shape index (κ2) is 7.38. The smallest absolute Gasteiger partial charge is 0.273 e. The molecule has 3 rings (SSSR count). The number of nitro groups is 1. The molecule has 0 unspecified atom stereocenters. The molecule has 0 amide bonds. The molecular weight excluding hydrogens is 361 g/mol. The predicted molar refractivity (Wildman–Crippen MR) is 95.9 cm³/mol. The zero-order valence-electron chi connectivity index (χ0n) is 13.9. The summed E-state index contributed by atoms with van der Waals surface area (Å²) in [7, 11) is -3.66. The molecule has 1 aliphatic rings. The number of halogens is 1. The predicted octanol–water partition coefficient (Wildman–Crippen LogP) is 2.39. The lowest BCUT2D eigenvalue weighted by Crippen LogP contribution is -2.49. The number of hydrogen-bond donors (Lipinski definition) is 0. The van der Waals surface area contributed by atoms with Gasteiger partial charge in [0.2, 0.25) is 10.0 Å². The summed E-state index contributed by atoms with van der Waals surface area (Å²) in [6.45, 7) is 1.50. The molecule has 0 aromatic heterocycles. The van der Waals surface area contributed by atoms with E-state index < -0.39 is 20.7 Å². The van der Waals surface area contributed by atoms with E-state index in [0.29, 0.717) is 13.1 Å². The molecule has 0 saturated carbocycles. The van der Waals surface area contributed by atoms with Crippen molar-refractivity contribution in [2.75, 3.05) is 31.1 Å². The van der Waals surface area contributed by atoms with Gasteiger partial charge in [-0.25, -0.2) is 12.8 Å². The maximum Gasteiger partial charge on any atom is 0.273 e. The molecule has 2 aromatic carbocycles. The van der Waals surface area contributed by atoms with Crippen molar-refractivity contribution in [2.45, 2.75) is 5.75 Å². The molecule has 0 N–H and O–H groups in total. The van der Waals surface area contributed by atoms with E-state index >= 15 is 0 Å². The third kappa shape index (κ3) is 4.00. The number of piperazine rings is 1. The molecule has 1 fully saturated rings. The van der Waals surface area contributed by atoms with Gasteiger partial charge in [0, 0.05) is 43.5 Å². The number of anilines is 1. The van der Waals surface area contributed by atoms with Gasteiger partial charge in [0.15, 0.2) is 0 Å². The molecule has 0 atom stereocenters. The second-order valence-electron chi connectivity index (χ2n) is 6.00. The van der Waals surface area contributed by atoms with Crippen LogP contribution in [0.3, 0.4) is 0 Å². The minimum atomic E-state index is -3.66. The molecule has 138 valence electrons. The average molecular weight is 379 g/mol. The van der Waals surface area contributed by atoms with Crippen molar-refractivity contribution in [1.82, 2.24) is 4.31 Å². The van der Waals surface area contributed by atoms with E-state index in [1.54, 1.807) is 18.2 Å². The highest BCUT2D eigenvalue weighted by atomic mass is 32.2. The van der Waals surface area contributed by atoms with Crippen LogP contribution in [0.2, 0.25) is 0 Å². The summed E-state index contributed by atoms with van der Waals surface area (Å²) in [6.07, 6.45) is 0. The third-order valence-corrected chi connectivity index (χ3v) is 6.18. The minimum Gasteiger partial charge on any atom is -0.369 e. The number of hydrogen-bond acceptors (Lipinski definition) is 5. The van der Waals surface area contributed by atoms with Gasteiger partial charge < -0.3 is 4.90 Å². The van der Waals surface area contributed by atoms with Crippen LogP contribution in [0.25, 0.3) is 0 Å². The highest BCUT2D eigenvalue weighted by Crippen LogP contribution is 2.23. The summed E-state index contributed by atoms with van der Waals surface area (Å²) in [5.74, 6) is -0.722. The summed E-state index contributed by atoms with van der Waals surface area (Å²) < 4.78 is 39.7. The molecule has 0 aliphatic carbocycles. The number of nitrogens with zero attached hydrogens (tertiary/aromatic N) is 3. The topological polar surface area (TPSA) is 83.8 Å². The SMILES string of the molecule is O=[N+]([O-])c1ccccc1CS(=O)(=O)N1CCN(c2ccc(F)cc2)CC1. The van der Waals surface area contributed by atoms with Gasteiger partial charge in [0.1, 0.15) is 5.82 Å². The molecule has 0 bridgehead atoms. The quantitative estimate of drug-likeness (QED) is 0.588. The van der Waals surface area contributed by atoms with Gasteiger partial charge in [-0.15, -0.1) is 0 Å². The molecule has 7 nitrogen and oxygen atoms in total. The van der Waals surface area contributed by atoms with Crippen molar-refractivity contribution in [3.8, 4) is 0 Å². The standard InChI is InChI=1S/C17H18FN3O4S/c18-15-5-7-16(8-6-15)19-9-11-20(12-10-19)26(24,25)13-14-3-1-2-4-17(14)21(22)23/h1-8H,9-13H2. The van der Waals surface area contributed by atoms with Gasteiger partial charge in [-0.3, -0.25) is 10.1 Å². The van der Waals surface area contributed by atoms with Crippen LogP contribution in [0.15, 0.2) is 48.5 Å². The van der Waals surface area contributed by atoms with E-state index in [2.05, 4.69) is 0 Å². The molecular formula is C17H18FN3O4S. The van der Waals surface area contributed by atoms with E-state index in [4.69, 9.17) is 0 Å². The minimum absolute atomic E-state index is 0.179. The molecule has 0 spiro atoms. The van der Waals surface area contributed by atoms with Crippen molar-refractivity contribution < 1.29 is 17.7 Å². The Hall–Kier alpha value is -2.52. The van der Waals surface area contributed by atoms with Crippen molar-refractivity contribution in [1.29, 1.82) is 0 Å². The summed E-state index contributed by atoms with van der Waals surface area (Å²) in [4.78, 5) is 12.5. The summed E-state index contributed by atoms with van der Waals surface area (Å²) in [6, 6.07) is 11.9. The van der Waals surface area contributed by atoms with E-state index in [1.165, 1.54) is 34.6 Å². The van der Waals surface area contributed by atoms with Crippen LogP contribution >= 0.6 is 0 Å². The molecule has 1 aliphatic heterocycles. The first-order chi connectivity index (χ1) is 12.4.